The molecule has 0 radical (unpaired) electrons. The molecule has 0 aromatic rings. The first-order valence-electron chi connectivity index (χ1n) is 15.4. The molecule has 0 aromatic carbocycles. The fourth-order valence-corrected chi connectivity index (χ4v) is 5.91. The molecule has 2 rings (SSSR count). The highest BCUT2D eigenvalue weighted by molar-refractivity contribution is 5.38. The van der Waals surface area contributed by atoms with E-state index in [1.807, 2.05) is 0 Å². The van der Waals surface area contributed by atoms with Crippen molar-refractivity contribution < 1.29 is 10.2 Å². The van der Waals surface area contributed by atoms with Gasteiger partial charge in [-0.25, -0.2) is 0 Å². The Labute approximate surface area is 257 Å². The smallest absolute Gasteiger partial charge is 0.0634 e. The van der Waals surface area contributed by atoms with E-state index in [-0.39, 0.29) is 29.0 Å². The van der Waals surface area contributed by atoms with E-state index in [9.17, 15) is 10.2 Å². The second-order valence-corrected chi connectivity index (χ2v) is 13.6. The van der Waals surface area contributed by atoms with Gasteiger partial charge in [0.2, 0.25) is 0 Å². The molecule has 3 unspecified atom stereocenters. The summed E-state index contributed by atoms with van der Waals surface area (Å²) in [6, 6.07) is 0. The van der Waals surface area contributed by atoms with Crippen LogP contribution in [-0.4, -0.2) is 22.4 Å². The molecule has 0 aromatic heterocycles. The molecule has 0 amide bonds. The van der Waals surface area contributed by atoms with Crippen molar-refractivity contribution in [2.75, 3.05) is 0 Å². The number of allylic oxidation sites excluding steroid dienone is 20. The van der Waals surface area contributed by atoms with Gasteiger partial charge in [-0.15, -0.1) is 0 Å². The average molecular weight is 569 g/mol. The maximum atomic E-state index is 10.4. The van der Waals surface area contributed by atoms with E-state index in [0.29, 0.717) is 0 Å². The highest BCUT2D eigenvalue weighted by Crippen LogP contribution is 2.42. The maximum absolute atomic E-state index is 10.4. The van der Waals surface area contributed by atoms with Crippen molar-refractivity contribution in [1.82, 2.24) is 0 Å². The summed E-state index contributed by atoms with van der Waals surface area (Å²) in [5.41, 5.74) is 8.58. The first-order valence-corrected chi connectivity index (χ1v) is 15.4. The minimum Gasteiger partial charge on any atom is -0.393 e. The van der Waals surface area contributed by atoms with Crippen molar-refractivity contribution in [3.05, 3.63) is 130 Å². The Morgan fingerprint density at radius 1 is 0.738 bits per heavy atom. The molecule has 42 heavy (non-hydrogen) atoms. The first kappa shape index (κ1) is 35.3. The van der Waals surface area contributed by atoms with E-state index in [2.05, 4.69) is 160 Å². The van der Waals surface area contributed by atoms with Gasteiger partial charge in [0.05, 0.1) is 12.2 Å². The topological polar surface area (TPSA) is 40.5 Å². The molecule has 0 saturated heterocycles. The third-order valence-corrected chi connectivity index (χ3v) is 8.62. The lowest BCUT2D eigenvalue weighted by atomic mass is 9.67. The van der Waals surface area contributed by atoms with Crippen LogP contribution in [0.4, 0.5) is 0 Å². The Morgan fingerprint density at radius 2 is 1.24 bits per heavy atom. The van der Waals surface area contributed by atoms with Crippen LogP contribution in [0.5, 0.6) is 0 Å². The van der Waals surface area contributed by atoms with E-state index >= 15 is 0 Å². The zero-order valence-corrected chi connectivity index (χ0v) is 27.9. The van der Waals surface area contributed by atoms with Crippen LogP contribution < -0.4 is 0 Å². The molecule has 2 N–H and O–H groups in total. The number of hydrogen-bond donors (Lipinski definition) is 2. The van der Waals surface area contributed by atoms with Gasteiger partial charge in [-0.05, 0) is 71.8 Å². The van der Waals surface area contributed by atoms with Gasteiger partial charge >= 0.3 is 0 Å². The van der Waals surface area contributed by atoms with Crippen LogP contribution in [-0.2, 0) is 0 Å². The molecule has 3 atom stereocenters. The fourth-order valence-electron chi connectivity index (χ4n) is 5.91. The number of aliphatic hydroxyl groups excluding tert-OH is 2. The second kappa shape index (κ2) is 16.1. The van der Waals surface area contributed by atoms with Gasteiger partial charge in [0, 0.05) is 11.3 Å². The summed E-state index contributed by atoms with van der Waals surface area (Å²) < 4.78 is 0. The molecule has 2 aliphatic carbocycles. The van der Waals surface area contributed by atoms with Crippen molar-refractivity contribution >= 4 is 0 Å². The summed E-state index contributed by atoms with van der Waals surface area (Å²) in [7, 11) is 0. The molecule has 0 heterocycles. The number of rotatable bonds is 10. The third kappa shape index (κ3) is 11.0. The summed E-state index contributed by atoms with van der Waals surface area (Å²) in [6.07, 6.45) is 33.8. The molecule has 0 bridgehead atoms. The normalized spacial score (nSPS) is 26.6. The molecule has 228 valence electrons. The second-order valence-electron chi connectivity index (χ2n) is 13.6. The summed E-state index contributed by atoms with van der Waals surface area (Å²) in [5.74, 6) is 0.251. The number of aliphatic hydroxyl groups is 2. The SMILES string of the molecule is CC1=CCC(O)C(C)(C)C1/C=C/C(C)=C/C=C/C(C)=C/C=C/C=C(C)/C=C/C=C(C)/C=C/C1=C(C)CC(O)CC1(C)C. The Morgan fingerprint density at radius 3 is 1.79 bits per heavy atom. The molecular weight excluding hydrogens is 512 g/mol. The van der Waals surface area contributed by atoms with Crippen LogP contribution in [0.25, 0.3) is 0 Å². The third-order valence-electron chi connectivity index (χ3n) is 8.62. The van der Waals surface area contributed by atoms with Crippen molar-refractivity contribution in [3.8, 4) is 0 Å². The first-order chi connectivity index (χ1) is 19.6. The highest BCUT2D eigenvalue weighted by atomic mass is 16.3. The highest BCUT2D eigenvalue weighted by Gasteiger charge is 2.38. The summed E-state index contributed by atoms with van der Waals surface area (Å²) in [5, 5.41) is 20.5. The molecule has 0 spiro atoms. The monoisotopic (exact) mass is 568 g/mol. The fraction of sp³-hybridized carbons (Fsp3) is 0.450. The Balaban J connectivity index is 1.90. The summed E-state index contributed by atoms with van der Waals surface area (Å²) >= 11 is 0. The van der Waals surface area contributed by atoms with Crippen LogP contribution in [0.3, 0.4) is 0 Å². The molecule has 0 aliphatic heterocycles. The molecule has 2 nitrogen and oxygen atoms in total. The van der Waals surface area contributed by atoms with E-state index in [1.54, 1.807) is 0 Å². The van der Waals surface area contributed by atoms with E-state index in [1.165, 1.54) is 39.0 Å². The van der Waals surface area contributed by atoms with Gasteiger partial charge in [-0.1, -0.05) is 152 Å². The molecular formula is C40H56O2. The lowest BCUT2D eigenvalue weighted by Gasteiger charge is -2.40. The van der Waals surface area contributed by atoms with Crippen molar-refractivity contribution in [2.24, 2.45) is 16.7 Å². The van der Waals surface area contributed by atoms with E-state index < -0.39 is 0 Å². The zero-order chi connectivity index (χ0) is 31.5. The number of hydrogen-bond acceptors (Lipinski definition) is 2. The van der Waals surface area contributed by atoms with Gasteiger partial charge in [-0.3, -0.25) is 0 Å². The van der Waals surface area contributed by atoms with Crippen molar-refractivity contribution in [2.45, 2.75) is 101 Å². The summed E-state index contributed by atoms with van der Waals surface area (Å²) in [6.45, 7) is 21.5. The Hall–Kier alpha value is -2.94. The van der Waals surface area contributed by atoms with E-state index in [0.717, 1.165) is 19.3 Å². The van der Waals surface area contributed by atoms with Crippen molar-refractivity contribution in [1.29, 1.82) is 0 Å². The predicted octanol–water partition coefficient (Wildman–Crippen LogP) is 10.4. The van der Waals surface area contributed by atoms with Gasteiger partial charge in [0.25, 0.3) is 0 Å². The molecule has 2 heteroatoms. The van der Waals surface area contributed by atoms with Crippen LogP contribution in [0.2, 0.25) is 0 Å². The molecule has 2 aliphatic rings. The Kier molecular flexibility index (Phi) is 13.5. The van der Waals surface area contributed by atoms with Gasteiger partial charge < -0.3 is 10.2 Å². The van der Waals surface area contributed by atoms with Crippen LogP contribution in [0.15, 0.2) is 130 Å². The minimum absolute atomic E-state index is 0.00466. The van der Waals surface area contributed by atoms with Gasteiger partial charge in [-0.2, -0.15) is 0 Å². The maximum Gasteiger partial charge on any atom is 0.0634 e. The quantitative estimate of drug-likeness (QED) is 0.203. The molecule has 0 fully saturated rings. The lowest BCUT2D eigenvalue weighted by molar-refractivity contribution is 0.0244. The molecule has 0 saturated carbocycles. The van der Waals surface area contributed by atoms with Gasteiger partial charge in [0.15, 0.2) is 0 Å². The van der Waals surface area contributed by atoms with Crippen LogP contribution in [0.1, 0.15) is 88.5 Å². The standard InChI is InChI=1S/C40H56O2/c1-29(17-13-19-31(3)21-24-36-34(6)27-35(41)28-39(36,7)8)15-11-12-16-30(2)18-14-20-32(4)22-25-37-33(5)23-26-38(42)40(37,9)10/h11-25,35,37-38,41-42H,26-28H2,1-10H3/b12-11+,17-13+,18-14+,24-21+,25-22+,29-15+,30-16+,31-19+,32-20+. The van der Waals surface area contributed by atoms with Crippen LogP contribution in [0, 0.1) is 16.7 Å². The Bertz CT molecular complexity index is 1270. The average Bonchev–Trinajstić information content (AvgIpc) is 2.87. The van der Waals surface area contributed by atoms with E-state index in [4.69, 9.17) is 0 Å². The van der Waals surface area contributed by atoms with Gasteiger partial charge in [0.1, 0.15) is 0 Å². The zero-order valence-electron chi connectivity index (χ0n) is 27.9. The lowest BCUT2D eigenvalue weighted by Crippen LogP contribution is -2.39. The van der Waals surface area contributed by atoms with Crippen molar-refractivity contribution in [3.63, 3.8) is 0 Å². The predicted molar refractivity (Wildman–Crippen MR) is 184 cm³/mol. The van der Waals surface area contributed by atoms with Crippen LogP contribution >= 0.6 is 0 Å². The largest absolute Gasteiger partial charge is 0.393 e. The summed E-state index contributed by atoms with van der Waals surface area (Å²) in [4.78, 5) is 0. The minimum atomic E-state index is -0.303.